The number of guanidine groups is 1. The van der Waals surface area contributed by atoms with Gasteiger partial charge in [0.2, 0.25) is 0 Å². The lowest BCUT2D eigenvalue weighted by atomic mass is 10.1. The molecule has 0 amide bonds. The Morgan fingerprint density at radius 1 is 1.19 bits per heavy atom. The van der Waals surface area contributed by atoms with Crippen molar-refractivity contribution in [2.24, 2.45) is 10.9 Å². The highest BCUT2D eigenvalue weighted by atomic mass is 16.5. The molecule has 0 aliphatic rings. The predicted molar refractivity (Wildman–Crippen MR) is 89.5 cm³/mol. The smallest absolute Gasteiger partial charge is 0.191 e. The standard InChI is InChI=1S/C17H29N3O/c1-4-18-17(19-11-10-15(2)3)20-12-13-21-14-16-8-6-5-7-9-16/h5-9,15H,4,10-14H2,1-3H3,(H2,18,19,20). The van der Waals surface area contributed by atoms with Gasteiger partial charge in [0.15, 0.2) is 5.96 Å². The second kappa shape index (κ2) is 11.1. The molecule has 0 bridgehead atoms. The van der Waals surface area contributed by atoms with Crippen LogP contribution in [-0.2, 0) is 11.3 Å². The summed E-state index contributed by atoms with van der Waals surface area (Å²) >= 11 is 0. The van der Waals surface area contributed by atoms with Crippen LogP contribution in [0.2, 0.25) is 0 Å². The van der Waals surface area contributed by atoms with E-state index in [-0.39, 0.29) is 0 Å². The molecule has 0 atom stereocenters. The van der Waals surface area contributed by atoms with E-state index in [4.69, 9.17) is 4.74 Å². The summed E-state index contributed by atoms with van der Waals surface area (Å²) in [5.41, 5.74) is 1.20. The van der Waals surface area contributed by atoms with Crippen molar-refractivity contribution in [1.29, 1.82) is 0 Å². The van der Waals surface area contributed by atoms with Crippen LogP contribution in [0.5, 0.6) is 0 Å². The zero-order valence-corrected chi connectivity index (χ0v) is 13.6. The molecule has 1 rings (SSSR count). The van der Waals surface area contributed by atoms with E-state index in [1.54, 1.807) is 0 Å². The topological polar surface area (TPSA) is 45.7 Å². The van der Waals surface area contributed by atoms with Crippen LogP contribution in [0.15, 0.2) is 35.3 Å². The summed E-state index contributed by atoms with van der Waals surface area (Å²) in [7, 11) is 0. The molecule has 0 saturated carbocycles. The molecular weight excluding hydrogens is 262 g/mol. The minimum Gasteiger partial charge on any atom is -0.375 e. The molecule has 1 aromatic rings. The van der Waals surface area contributed by atoms with Gasteiger partial charge in [-0.1, -0.05) is 44.2 Å². The third kappa shape index (κ3) is 9.08. The monoisotopic (exact) mass is 291 g/mol. The SMILES string of the molecule is CCNC(=NCCC(C)C)NCCOCc1ccccc1. The minimum atomic E-state index is 0.656. The van der Waals surface area contributed by atoms with E-state index >= 15 is 0 Å². The van der Waals surface area contributed by atoms with Crippen molar-refractivity contribution in [3.8, 4) is 0 Å². The maximum atomic E-state index is 5.65. The molecule has 0 fully saturated rings. The van der Waals surface area contributed by atoms with Crippen molar-refractivity contribution >= 4 is 5.96 Å². The Morgan fingerprint density at radius 3 is 2.62 bits per heavy atom. The summed E-state index contributed by atoms with van der Waals surface area (Å²) in [6.45, 7) is 10.3. The first kappa shape index (κ1) is 17.5. The van der Waals surface area contributed by atoms with Crippen LogP contribution in [0.1, 0.15) is 32.8 Å². The number of aliphatic imine (C=N–C) groups is 1. The first-order chi connectivity index (χ1) is 10.2. The van der Waals surface area contributed by atoms with Crippen molar-refractivity contribution in [2.45, 2.75) is 33.8 Å². The number of nitrogens with one attached hydrogen (secondary N) is 2. The van der Waals surface area contributed by atoms with Crippen molar-refractivity contribution in [3.05, 3.63) is 35.9 Å². The van der Waals surface area contributed by atoms with E-state index in [2.05, 4.69) is 48.5 Å². The number of nitrogens with zero attached hydrogens (tertiary/aromatic N) is 1. The molecule has 0 heterocycles. The molecule has 1 aromatic carbocycles. The highest BCUT2D eigenvalue weighted by Gasteiger charge is 1.98. The lowest BCUT2D eigenvalue weighted by Gasteiger charge is -2.12. The van der Waals surface area contributed by atoms with Crippen molar-refractivity contribution in [3.63, 3.8) is 0 Å². The summed E-state index contributed by atoms with van der Waals surface area (Å²) in [4.78, 5) is 4.55. The van der Waals surface area contributed by atoms with E-state index in [1.807, 2.05) is 18.2 Å². The fraction of sp³-hybridized carbons (Fsp3) is 0.588. The molecule has 4 heteroatoms. The summed E-state index contributed by atoms with van der Waals surface area (Å²) in [6.07, 6.45) is 1.11. The van der Waals surface area contributed by atoms with Gasteiger partial charge in [-0.15, -0.1) is 0 Å². The zero-order chi connectivity index (χ0) is 15.3. The summed E-state index contributed by atoms with van der Waals surface area (Å²) in [6, 6.07) is 10.2. The molecule has 0 radical (unpaired) electrons. The first-order valence-electron chi connectivity index (χ1n) is 7.86. The lowest BCUT2D eigenvalue weighted by molar-refractivity contribution is 0.125. The van der Waals surface area contributed by atoms with E-state index in [1.165, 1.54) is 5.56 Å². The van der Waals surface area contributed by atoms with Gasteiger partial charge >= 0.3 is 0 Å². The number of hydrogen-bond donors (Lipinski definition) is 2. The largest absolute Gasteiger partial charge is 0.375 e. The van der Waals surface area contributed by atoms with Crippen molar-refractivity contribution in [1.82, 2.24) is 10.6 Å². The highest BCUT2D eigenvalue weighted by molar-refractivity contribution is 5.79. The highest BCUT2D eigenvalue weighted by Crippen LogP contribution is 2.00. The van der Waals surface area contributed by atoms with Gasteiger partial charge in [-0.2, -0.15) is 0 Å². The van der Waals surface area contributed by atoms with E-state index in [0.717, 1.165) is 32.0 Å². The third-order valence-electron chi connectivity index (χ3n) is 2.97. The van der Waals surface area contributed by atoms with Crippen LogP contribution in [0.25, 0.3) is 0 Å². The van der Waals surface area contributed by atoms with Crippen LogP contribution in [-0.4, -0.2) is 32.2 Å². The normalized spacial score (nSPS) is 11.7. The number of hydrogen-bond acceptors (Lipinski definition) is 2. The molecule has 0 aliphatic carbocycles. The van der Waals surface area contributed by atoms with Gasteiger partial charge in [-0.25, -0.2) is 0 Å². The molecular formula is C17H29N3O. The average molecular weight is 291 g/mol. The van der Waals surface area contributed by atoms with Crippen LogP contribution in [0.3, 0.4) is 0 Å². The maximum absolute atomic E-state index is 5.65. The van der Waals surface area contributed by atoms with Crippen LogP contribution < -0.4 is 10.6 Å². The van der Waals surface area contributed by atoms with Crippen molar-refractivity contribution < 1.29 is 4.74 Å². The number of benzene rings is 1. The molecule has 0 aliphatic heterocycles. The van der Waals surface area contributed by atoms with E-state index in [0.29, 0.717) is 19.1 Å². The fourth-order valence-electron chi connectivity index (χ4n) is 1.78. The maximum Gasteiger partial charge on any atom is 0.191 e. The average Bonchev–Trinajstić information content (AvgIpc) is 2.47. The van der Waals surface area contributed by atoms with Gasteiger partial charge in [0, 0.05) is 19.6 Å². The molecule has 0 aromatic heterocycles. The molecule has 0 spiro atoms. The summed E-state index contributed by atoms with van der Waals surface area (Å²) in [5.74, 6) is 1.56. The van der Waals surface area contributed by atoms with Crippen LogP contribution >= 0.6 is 0 Å². The quantitative estimate of drug-likeness (QED) is 0.418. The summed E-state index contributed by atoms with van der Waals surface area (Å²) in [5, 5.41) is 6.54. The molecule has 0 saturated heterocycles. The second-order valence-corrected chi connectivity index (χ2v) is 5.41. The van der Waals surface area contributed by atoms with Gasteiger partial charge < -0.3 is 15.4 Å². The van der Waals surface area contributed by atoms with Gasteiger partial charge in [0.25, 0.3) is 0 Å². The second-order valence-electron chi connectivity index (χ2n) is 5.41. The van der Waals surface area contributed by atoms with Gasteiger partial charge in [-0.05, 0) is 24.8 Å². The molecule has 0 unspecified atom stereocenters. The minimum absolute atomic E-state index is 0.656. The molecule has 4 nitrogen and oxygen atoms in total. The third-order valence-corrected chi connectivity index (χ3v) is 2.97. The number of ether oxygens (including phenoxy) is 1. The Morgan fingerprint density at radius 2 is 1.95 bits per heavy atom. The Bertz CT molecular complexity index is 390. The molecule has 118 valence electrons. The van der Waals surface area contributed by atoms with Crippen LogP contribution in [0, 0.1) is 5.92 Å². The van der Waals surface area contributed by atoms with Gasteiger partial charge in [-0.3, -0.25) is 4.99 Å². The Labute approximate surface area is 129 Å². The fourth-order valence-corrected chi connectivity index (χ4v) is 1.78. The van der Waals surface area contributed by atoms with E-state index < -0.39 is 0 Å². The Hall–Kier alpha value is -1.55. The number of rotatable bonds is 9. The molecule has 2 N–H and O–H groups in total. The first-order valence-corrected chi connectivity index (χ1v) is 7.86. The van der Waals surface area contributed by atoms with E-state index in [9.17, 15) is 0 Å². The van der Waals surface area contributed by atoms with Crippen molar-refractivity contribution in [2.75, 3.05) is 26.2 Å². The molecule has 21 heavy (non-hydrogen) atoms. The lowest BCUT2D eigenvalue weighted by Crippen LogP contribution is -2.39. The van der Waals surface area contributed by atoms with Crippen LogP contribution in [0.4, 0.5) is 0 Å². The van der Waals surface area contributed by atoms with Gasteiger partial charge in [0.1, 0.15) is 0 Å². The van der Waals surface area contributed by atoms with Gasteiger partial charge in [0.05, 0.1) is 13.2 Å². The Balaban J connectivity index is 2.17. The Kier molecular flexibility index (Phi) is 9.29. The summed E-state index contributed by atoms with van der Waals surface area (Å²) < 4.78 is 5.65. The zero-order valence-electron chi connectivity index (χ0n) is 13.6. The predicted octanol–water partition coefficient (Wildman–Crippen LogP) is 2.80.